The average molecular weight is 617 g/mol. The normalized spacial score (nSPS) is 18.6. The highest BCUT2D eigenvalue weighted by Crippen LogP contribution is 2.27. The number of benzene rings is 1. The van der Waals surface area contributed by atoms with E-state index in [4.69, 9.17) is 32.9 Å². The second-order valence-corrected chi connectivity index (χ2v) is 12.2. The molecule has 2 aromatic rings. The van der Waals surface area contributed by atoms with Gasteiger partial charge in [-0.25, -0.2) is 15.2 Å². The van der Waals surface area contributed by atoms with Crippen LogP contribution in [0.3, 0.4) is 0 Å². The fourth-order valence-corrected chi connectivity index (χ4v) is 5.68. The number of pyridine rings is 1. The van der Waals surface area contributed by atoms with Gasteiger partial charge in [-0.2, -0.15) is 4.65 Å². The lowest BCUT2D eigenvalue weighted by atomic mass is 9.96. The molecule has 0 saturated carbocycles. The summed E-state index contributed by atoms with van der Waals surface area (Å²) in [5.41, 5.74) is 2.31. The van der Waals surface area contributed by atoms with Crippen molar-refractivity contribution in [3.05, 3.63) is 70.4 Å². The molecule has 0 spiro atoms. The van der Waals surface area contributed by atoms with Crippen LogP contribution in [0.2, 0.25) is 10.0 Å². The largest absolute Gasteiger partial charge is 0.442 e. The Hall–Kier alpha value is -2.95. The summed E-state index contributed by atoms with van der Waals surface area (Å²) < 4.78 is 6.07. The van der Waals surface area contributed by atoms with Gasteiger partial charge in [0.05, 0.1) is 32.0 Å². The van der Waals surface area contributed by atoms with E-state index in [1.807, 2.05) is 37.4 Å². The Balaban J connectivity index is 1.43. The summed E-state index contributed by atoms with van der Waals surface area (Å²) in [5.74, 6) is 2.38. The van der Waals surface area contributed by atoms with Crippen molar-refractivity contribution in [1.82, 2.24) is 15.2 Å². The lowest BCUT2D eigenvalue weighted by Gasteiger charge is -2.36. The van der Waals surface area contributed by atoms with Crippen LogP contribution in [-0.4, -0.2) is 90.9 Å². The molecule has 226 valence electrons. The smallest absolute Gasteiger partial charge is 0.216 e. The molecule has 2 aliphatic rings. The number of likely N-dealkylation sites (N-methyl/N-ethyl adjacent to an activating group) is 1. The van der Waals surface area contributed by atoms with E-state index in [1.165, 1.54) is 0 Å². The van der Waals surface area contributed by atoms with E-state index in [-0.39, 0.29) is 10.6 Å². The predicted octanol–water partition coefficient (Wildman–Crippen LogP) is 5.29. The molecule has 1 aromatic carbocycles. The van der Waals surface area contributed by atoms with Gasteiger partial charge in [0, 0.05) is 42.5 Å². The van der Waals surface area contributed by atoms with Crippen LogP contribution in [0, 0.1) is 5.92 Å². The van der Waals surface area contributed by atoms with Crippen molar-refractivity contribution in [3.63, 3.8) is 0 Å². The molecule has 0 atom stereocenters. The molecule has 9 nitrogen and oxygen atoms in total. The van der Waals surface area contributed by atoms with Crippen LogP contribution in [0.4, 0.5) is 5.82 Å². The van der Waals surface area contributed by atoms with E-state index >= 15 is 0 Å². The van der Waals surface area contributed by atoms with Crippen molar-refractivity contribution < 1.29 is 19.4 Å². The molecular weight excluding hydrogens is 575 g/mol. The molecule has 1 aromatic heterocycles. The molecule has 2 N–H and O–H groups in total. The number of amides is 1. The number of hydrogen-bond donors (Lipinski definition) is 2. The van der Waals surface area contributed by atoms with Crippen LogP contribution < -0.4 is 15.0 Å². The molecule has 42 heavy (non-hydrogen) atoms. The lowest BCUT2D eigenvalue weighted by Crippen LogP contribution is -2.55. The predicted molar refractivity (Wildman–Crippen MR) is 169 cm³/mol. The molecule has 0 aliphatic carbocycles. The third-order valence-electron chi connectivity index (χ3n) is 7.56. The first-order chi connectivity index (χ1) is 20.0. The Morgan fingerprint density at radius 3 is 2.43 bits per heavy atom. The van der Waals surface area contributed by atoms with Gasteiger partial charge in [-0.1, -0.05) is 29.8 Å². The first-order valence-electron chi connectivity index (χ1n) is 14.3. The highest BCUT2D eigenvalue weighted by atomic mass is 35.5. The number of nitrogens with zero attached hydrogens (tertiary/aromatic N) is 5. The fourth-order valence-electron chi connectivity index (χ4n) is 5.15. The summed E-state index contributed by atoms with van der Waals surface area (Å²) >= 11 is 12.7. The number of aliphatic imine (C=N–C) groups is 1. The van der Waals surface area contributed by atoms with Crippen LogP contribution in [-0.2, 0) is 4.79 Å². The zero-order valence-electron chi connectivity index (χ0n) is 24.7. The zero-order chi connectivity index (χ0) is 30.3. The van der Waals surface area contributed by atoms with E-state index < -0.39 is 0 Å². The summed E-state index contributed by atoms with van der Waals surface area (Å²) in [6.07, 6.45) is 5.70. The number of hydroxylamine groups is 3. The molecule has 2 fully saturated rings. The second-order valence-electron chi connectivity index (χ2n) is 11.4. The van der Waals surface area contributed by atoms with Crippen LogP contribution in [0.5, 0.6) is 5.75 Å². The Labute approximate surface area is 258 Å². The molecular formula is C31H41Cl2N6O3+. The van der Waals surface area contributed by atoms with Crippen molar-refractivity contribution >= 4 is 46.5 Å². The number of halogens is 2. The van der Waals surface area contributed by atoms with Gasteiger partial charge in [-0.15, -0.1) is 0 Å². The Kier molecular flexibility index (Phi) is 11.0. The number of ether oxygens (including phenoxy) is 1. The highest BCUT2D eigenvalue weighted by Gasteiger charge is 2.27. The second kappa shape index (κ2) is 14.5. The number of piperazine rings is 1. The summed E-state index contributed by atoms with van der Waals surface area (Å²) in [6.45, 7) is 13.7. The van der Waals surface area contributed by atoms with Crippen molar-refractivity contribution in [2.24, 2.45) is 10.9 Å². The average Bonchev–Trinajstić information content (AvgIpc) is 2.92. The number of likely N-dealkylation sites (tertiary alicyclic amines) is 1. The Bertz CT molecular complexity index is 1290. The third kappa shape index (κ3) is 9.81. The maximum atomic E-state index is 11.2. The number of anilines is 1. The SMILES string of the molecule is C=C(/C=C(\N=C(/C)Oc1ccc(N2CC[N+](C)(O)CC2)nc1)c1cc(Cl)cc(Cl)c1)CN1CCC(CNC(C)=O)CC1. The minimum Gasteiger partial charge on any atom is -0.442 e. The molecule has 11 heteroatoms. The molecule has 2 aliphatic heterocycles. The van der Waals surface area contributed by atoms with E-state index in [0.717, 1.165) is 62.5 Å². The van der Waals surface area contributed by atoms with Crippen LogP contribution in [0.25, 0.3) is 5.70 Å². The maximum Gasteiger partial charge on any atom is 0.216 e. The topological polar surface area (TPSA) is 90.3 Å². The summed E-state index contributed by atoms with van der Waals surface area (Å²) in [7, 11) is 1.82. The van der Waals surface area contributed by atoms with E-state index in [1.54, 1.807) is 26.1 Å². The number of hydrogen-bond acceptors (Lipinski definition) is 7. The summed E-state index contributed by atoms with van der Waals surface area (Å²) in [6, 6.07) is 9.12. The zero-order valence-corrected chi connectivity index (χ0v) is 26.2. The molecule has 0 radical (unpaired) electrons. The van der Waals surface area contributed by atoms with E-state index in [9.17, 15) is 10.0 Å². The van der Waals surface area contributed by atoms with Crippen molar-refractivity contribution in [3.8, 4) is 5.75 Å². The van der Waals surface area contributed by atoms with Crippen molar-refractivity contribution in [2.75, 3.05) is 64.3 Å². The minimum absolute atomic E-state index is 0.0191. The number of carbonyl (C=O) groups excluding carboxylic acids is 1. The molecule has 0 unspecified atom stereocenters. The van der Waals surface area contributed by atoms with Gasteiger partial charge in [0.25, 0.3) is 0 Å². The van der Waals surface area contributed by atoms with Crippen LogP contribution >= 0.6 is 23.2 Å². The summed E-state index contributed by atoms with van der Waals surface area (Å²) in [4.78, 5) is 25.1. The molecule has 1 amide bonds. The third-order valence-corrected chi connectivity index (χ3v) is 8.00. The minimum atomic E-state index is 0.0191. The quantitative estimate of drug-likeness (QED) is 0.172. The number of piperidine rings is 1. The first-order valence-corrected chi connectivity index (χ1v) is 15.1. The fraction of sp³-hybridized carbons (Fsp3) is 0.452. The Morgan fingerprint density at radius 1 is 1.17 bits per heavy atom. The van der Waals surface area contributed by atoms with Gasteiger partial charge < -0.3 is 15.0 Å². The number of rotatable bonds is 9. The van der Waals surface area contributed by atoms with E-state index in [0.29, 0.717) is 52.9 Å². The van der Waals surface area contributed by atoms with E-state index in [2.05, 4.69) is 26.7 Å². The molecule has 3 heterocycles. The molecule has 4 rings (SSSR count). The number of carbonyl (C=O) groups is 1. The van der Waals surface area contributed by atoms with Gasteiger partial charge in [0.1, 0.15) is 24.7 Å². The van der Waals surface area contributed by atoms with Crippen LogP contribution in [0.15, 0.2) is 59.7 Å². The van der Waals surface area contributed by atoms with Gasteiger partial charge >= 0.3 is 0 Å². The monoisotopic (exact) mass is 615 g/mol. The first kappa shape index (κ1) is 32.0. The molecule has 2 saturated heterocycles. The number of quaternary nitrogens is 1. The highest BCUT2D eigenvalue weighted by molar-refractivity contribution is 6.34. The number of nitrogens with one attached hydrogen (secondary N) is 1. The Morgan fingerprint density at radius 2 is 1.83 bits per heavy atom. The number of aromatic nitrogens is 1. The lowest BCUT2D eigenvalue weighted by molar-refractivity contribution is -1.09. The van der Waals surface area contributed by atoms with Crippen molar-refractivity contribution in [2.45, 2.75) is 26.7 Å². The van der Waals surface area contributed by atoms with Gasteiger partial charge in [0.2, 0.25) is 5.91 Å². The van der Waals surface area contributed by atoms with Gasteiger partial charge in [-0.3, -0.25) is 9.69 Å². The molecule has 0 bridgehead atoms. The van der Waals surface area contributed by atoms with Crippen LogP contribution in [0.1, 0.15) is 32.3 Å². The van der Waals surface area contributed by atoms with Gasteiger partial charge in [-0.05, 0) is 73.8 Å². The summed E-state index contributed by atoms with van der Waals surface area (Å²) in [5, 5.41) is 14.1. The van der Waals surface area contributed by atoms with Crippen molar-refractivity contribution in [1.29, 1.82) is 0 Å². The van der Waals surface area contributed by atoms with Gasteiger partial charge in [0.15, 0.2) is 5.90 Å². The standard InChI is InChI=1S/C31H40Cl2N6O3/c1-22(21-37-9-7-25(8-10-37)19-34-23(2)40)15-30(26-16-27(32)18-28(33)17-26)36-24(3)42-29-5-6-31(35-20-29)38-11-13-39(4,41)14-12-38/h5-6,15-18,20,25,41H,1,7-14,19,21H2,2-4H3/p+1/b30-15-,36-24+. The maximum absolute atomic E-state index is 11.2.